The zero-order valence-corrected chi connectivity index (χ0v) is 10.4. The Kier molecular flexibility index (Phi) is 3.15. The molecule has 0 spiro atoms. The Morgan fingerprint density at radius 2 is 1.17 bits per heavy atom. The van der Waals surface area contributed by atoms with Crippen molar-refractivity contribution in [2.24, 2.45) is 0 Å². The summed E-state index contributed by atoms with van der Waals surface area (Å²) in [7, 11) is 0. The molecule has 2 heterocycles. The number of aromatic nitrogens is 2. The standard InChI is InChI=1S/C14H16N2O2/c1-13(17,11-7-3-5-9-15-11)14(2,18)12-8-4-6-10-16-12/h3-10,17-18H,1-2H3/t13-,14+. The molecule has 0 aliphatic rings. The highest BCUT2D eigenvalue weighted by Gasteiger charge is 2.46. The van der Waals surface area contributed by atoms with E-state index in [9.17, 15) is 10.2 Å². The number of hydrogen-bond acceptors (Lipinski definition) is 4. The van der Waals surface area contributed by atoms with Crippen molar-refractivity contribution in [3.63, 3.8) is 0 Å². The Balaban J connectivity index is 2.47. The van der Waals surface area contributed by atoms with E-state index in [-0.39, 0.29) is 0 Å². The first-order valence-corrected chi connectivity index (χ1v) is 5.74. The predicted molar refractivity (Wildman–Crippen MR) is 67.6 cm³/mol. The third-order valence-corrected chi connectivity index (χ3v) is 3.28. The van der Waals surface area contributed by atoms with Gasteiger partial charge in [0.1, 0.15) is 11.2 Å². The lowest BCUT2D eigenvalue weighted by Gasteiger charge is -2.37. The minimum absolute atomic E-state index is 0.403. The Bertz CT molecular complexity index is 460. The van der Waals surface area contributed by atoms with Crippen molar-refractivity contribution in [1.82, 2.24) is 9.97 Å². The fourth-order valence-corrected chi connectivity index (χ4v) is 1.80. The molecule has 0 amide bonds. The fraction of sp³-hybridized carbons (Fsp3) is 0.286. The fourth-order valence-electron chi connectivity index (χ4n) is 1.80. The normalized spacial score (nSPS) is 17.8. The molecule has 0 saturated heterocycles. The van der Waals surface area contributed by atoms with E-state index in [0.29, 0.717) is 11.4 Å². The second-order valence-corrected chi connectivity index (χ2v) is 4.57. The molecule has 0 radical (unpaired) electrons. The maximum Gasteiger partial charge on any atom is 0.138 e. The number of aliphatic hydroxyl groups is 2. The highest BCUT2D eigenvalue weighted by Crippen LogP contribution is 2.38. The molecule has 0 unspecified atom stereocenters. The molecule has 2 rings (SSSR count). The van der Waals surface area contributed by atoms with Crippen molar-refractivity contribution >= 4 is 0 Å². The maximum atomic E-state index is 10.6. The zero-order valence-electron chi connectivity index (χ0n) is 10.4. The van der Waals surface area contributed by atoms with Gasteiger partial charge in [-0.15, -0.1) is 0 Å². The van der Waals surface area contributed by atoms with Gasteiger partial charge in [0.25, 0.3) is 0 Å². The summed E-state index contributed by atoms with van der Waals surface area (Å²) < 4.78 is 0. The summed E-state index contributed by atoms with van der Waals surface area (Å²) >= 11 is 0. The molecule has 94 valence electrons. The quantitative estimate of drug-likeness (QED) is 0.860. The second-order valence-electron chi connectivity index (χ2n) is 4.57. The van der Waals surface area contributed by atoms with Gasteiger partial charge in [0.05, 0.1) is 11.4 Å². The van der Waals surface area contributed by atoms with Crippen LogP contribution in [0.3, 0.4) is 0 Å². The monoisotopic (exact) mass is 244 g/mol. The Hall–Kier alpha value is -1.78. The summed E-state index contributed by atoms with van der Waals surface area (Å²) in [5.74, 6) is 0. The summed E-state index contributed by atoms with van der Waals surface area (Å²) in [4.78, 5) is 8.21. The minimum atomic E-state index is -1.53. The molecule has 0 aliphatic heterocycles. The van der Waals surface area contributed by atoms with Gasteiger partial charge in [-0.25, -0.2) is 0 Å². The smallest absolute Gasteiger partial charge is 0.138 e. The van der Waals surface area contributed by atoms with Gasteiger partial charge in [-0.05, 0) is 38.1 Å². The molecule has 2 aromatic rings. The summed E-state index contributed by atoms with van der Waals surface area (Å²) in [6.45, 7) is 3.06. The van der Waals surface area contributed by atoms with E-state index in [1.165, 1.54) is 13.8 Å². The van der Waals surface area contributed by atoms with Gasteiger partial charge in [0.15, 0.2) is 0 Å². The highest BCUT2D eigenvalue weighted by atomic mass is 16.4. The molecule has 2 N–H and O–H groups in total. The topological polar surface area (TPSA) is 66.2 Å². The molecule has 0 bridgehead atoms. The van der Waals surface area contributed by atoms with Crippen LogP contribution in [0.1, 0.15) is 25.2 Å². The summed E-state index contributed by atoms with van der Waals surface area (Å²) in [6, 6.07) is 10.4. The zero-order chi connectivity index (χ0) is 13.2. The molecular formula is C14H16N2O2. The lowest BCUT2D eigenvalue weighted by molar-refractivity contribution is -0.147. The van der Waals surface area contributed by atoms with Crippen LogP contribution in [0.25, 0.3) is 0 Å². The van der Waals surface area contributed by atoms with Crippen LogP contribution in [0.15, 0.2) is 48.8 Å². The Morgan fingerprint density at radius 3 is 1.44 bits per heavy atom. The minimum Gasteiger partial charge on any atom is -0.380 e. The Morgan fingerprint density at radius 1 is 0.778 bits per heavy atom. The van der Waals surface area contributed by atoms with Crippen LogP contribution in [-0.4, -0.2) is 20.2 Å². The van der Waals surface area contributed by atoms with Gasteiger partial charge in [-0.1, -0.05) is 12.1 Å². The van der Waals surface area contributed by atoms with Crippen LogP contribution in [0.5, 0.6) is 0 Å². The van der Waals surface area contributed by atoms with Crippen LogP contribution in [0, 0.1) is 0 Å². The van der Waals surface area contributed by atoms with E-state index in [1.54, 1.807) is 48.8 Å². The van der Waals surface area contributed by atoms with Gasteiger partial charge in [0, 0.05) is 12.4 Å². The van der Waals surface area contributed by atoms with Crippen LogP contribution in [0.2, 0.25) is 0 Å². The first-order chi connectivity index (χ1) is 8.46. The number of hydrogen-bond donors (Lipinski definition) is 2. The first-order valence-electron chi connectivity index (χ1n) is 5.74. The Labute approximate surface area is 106 Å². The van der Waals surface area contributed by atoms with Crippen molar-refractivity contribution in [2.75, 3.05) is 0 Å². The van der Waals surface area contributed by atoms with Crippen LogP contribution in [-0.2, 0) is 11.2 Å². The maximum absolute atomic E-state index is 10.6. The number of pyridine rings is 2. The number of nitrogens with zero attached hydrogens (tertiary/aromatic N) is 2. The van der Waals surface area contributed by atoms with Gasteiger partial charge in [0.2, 0.25) is 0 Å². The summed E-state index contributed by atoms with van der Waals surface area (Å²) in [6.07, 6.45) is 3.16. The molecule has 2 aromatic heterocycles. The van der Waals surface area contributed by atoms with Crippen molar-refractivity contribution in [3.05, 3.63) is 60.2 Å². The molecule has 4 nitrogen and oxygen atoms in total. The van der Waals surface area contributed by atoms with Gasteiger partial charge in [-0.3, -0.25) is 9.97 Å². The average Bonchev–Trinajstić information content (AvgIpc) is 2.40. The highest BCUT2D eigenvalue weighted by molar-refractivity contribution is 5.24. The molecule has 4 heteroatoms. The van der Waals surface area contributed by atoms with E-state index in [2.05, 4.69) is 9.97 Å². The van der Waals surface area contributed by atoms with Crippen LogP contribution in [0.4, 0.5) is 0 Å². The van der Waals surface area contributed by atoms with Crippen molar-refractivity contribution in [3.8, 4) is 0 Å². The van der Waals surface area contributed by atoms with Gasteiger partial charge >= 0.3 is 0 Å². The number of rotatable bonds is 3. The first kappa shape index (κ1) is 12.7. The summed E-state index contributed by atoms with van der Waals surface area (Å²) in [5, 5.41) is 21.2. The lowest BCUT2D eigenvalue weighted by Crippen LogP contribution is -2.46. The molecule has 0 saturated carbocycles. The van der Waals surface area contributed by atoms with E-state index in [1.807, 2.05) is 0 Å². The van der Waals surface area contributed by atoms with Crippen LogP contribution >= 0.6 is 0 Å². The molecule has 0 aliphatic carbocycles. The van der Waals surface area contributed by atoms with E-state index < -0.39 is 11.2 Å². The van der Waals surface area contributed by atoms with E-state index in [4.69, 9.17) is 0 Å². The summed E-state index contributed by atoms with van der Waals surface area (Å²) in [5.41, 5.74) is -2.24. The molecule has 18 heavy (non-hydrogen) atoms. The molecule has 2 atom stereocenters. The largest absolute Gasteiger partial charge is 0.380 e. The van der Waals surface area contributed by atoms with Crippen molar-refractivity contribution < 1.29 is 10.2 Å². The van der Waals surface area contributed by atoms with E-state index in [0.717, 1.165) is 0 Å². The third kappa shape index (κ3) is 2.00. The van der Waals surface area contributed by atoms with Crippen molar-refractivity contribution in [2.45, 2.75) is 25.0 Å². The molecule has 0 aromatic carbocycles. The average molecular weight is 244 g/mol. The second kappa shape index (κ2) is 4.48. The molecular weight excluding hydrogens is 228 g/mol. The third-order valence-electron chi connectivity index (χ3n) is 3.28. The van der Waals surface area contributed by atoms with Crippen molar-refractivity contribution in [1.29, 1.82) is 0 Å². The SMILES string of the molecule is C[C@](O)(c1ccccn1)[C@](C)(O)c1ccccn1. The van der Waals surface area contributed by atoms with Crippen LogP contribution < -0.4 is 0 Å². The predicted octanol–water partition coefficient (Wildman–Crippen LogP) is 1.59. The lowest BCUT2D eigenvalue weighted by atomic mass is 9.80. The van der Waals surface area contributed by atoms with Gasteiger partial charge < -0.3 is 10.2 Å². The van der Waals surface area contributed by atoms with E-state index >= 15 is 0 Å². The molecule has 0 fully saturated rings. The van der Waals surface area contributed by atoms with Gasteiger partial charge in [-0.2, -0.15) is 0 Å².